The van der Waals surface area contributed by atoms with Gasteiger partial charge in [0.1, 0.15) is 0 Å². The Morgan fingerprint density at radius 2 is 2.15 bits per heavy atom. The molecule has 1 N–H and O–H groups in total. The summed E-state index contributed by atoms with van der Waals surface area (Å²) >= 11 is 0. The monoisotopic (exact) mass is 179 g/mol. The lowest BCUT2D eigenvalue weighted by molar-refractivity contribution is -0.136. The molecule has 1 aromatic rings. The molecule has 0 atom stereocenters. The van der Waals surface area contributed by atoms with E-state index in [1.807, 2.05) is 26.0 Å². The smallest absolute Gasteiger partial charge is 0.303 e. The van der Waals surface area contributed by atoms with Crippen LogP contribution in [0.4, 0.5) is 0 Å². The average Bonchev–Trinajstić information content (AvgIpc) is 2.06. The maximum atomic E-state index is 10.3. The Bertz CT molecular complexity index is 321. The highest BCUT2D eigenvalue weighted by Crippen LogP contribution is 2.08. The molecule has 0 amide bonds. The van der Waals surface area contributed by atoms with E-state index in [1.54, 1.807) is 0 Å². The molecule has 0 saturated heterocycles. The Hall–Kier alpha value is -1.38. The summed E-state index contributed by atoms with van der Waals surface area (Å²) in [6, 6.07) is 3.90. The van der Waals surface area contributed by atoms with Crippen LogP contribution in [0.1, 0.15) is 23.4 Å². The van der Waals surface area contributed by atoms with Crippen LogP contribution in [0.2, 0.25) is 0 Å². The first-order chi connectivity index (χ1) is 6.09. The van der Waals surface area contributed by atoms with Gasteiger partial charge in [-0.25, -0.2) is 0 Å². The average molecular weight is 179 g/mol. The van der Waals surface area contributed by atoms with Crippen molar-refractivity contribution in [3.63, 3.8) is 0 Å². The van der Waals surface area contributed by atoms with Gasteiger partial charge < -0.3 is 5.11 Å². The van der Waals surface area contributed by atoms with Crippen molar-refractivity contribution in [2.45, 2.75) is 26.7 Å². The van der Waals surface area contributed by atoms with E-state index in [4.69, 9.17) is 5.11 Å². The van der Waals surface area contributed by atoms with E-state index in [0.717, 1.165) is 17.0 Å². The first-order valence-corrected chi connectivity index (χ1v) is 4.24. The number of aromatic nitrogens is 1. The molecule has 0 radical (unpaired) electrons. The molecule has 70 valence electrons. The summed E-state index contributed by atoms with van der Waals surface area (Å²) in [5.74, 6) is -0.775. The first kappa shape index (κ1) is 9.71. The van der Waals surface area contributed by atoms with Crippen LogP contribution in [0, 0.1) is 13.8 Å². The summed E-state index contributed by atoms with van der Waals surface area (Å²) in [4.78, 5) is 14.6. The Morgan fingerprint density at radius 3 is 2.77 bits per heavy atom. The van der Waals surface area contributed by atoms with Crippen LogP contribution in [0.15, 0.2) is 12.1 Å². The zero-order valence-corrected chi connectivity index (χ0v) is 7.87. The number of rotatable bonds is 3. The van der Waals surface area contributed by atoms with Gasteiger partial charge >= 0.3 is 5.97 Å². The Balaban J connectivity index is 2.75. The van der Waals surface area contributed by atoms with Gasteiger partial charge in [-0.3, -0.25) is 9.78 Å². The van der Waals surface area contributed by atoms with Gasteiger partial charge in [-0.2, -0.15) is 0 Å². The summed E-state index contributed by atoms with van der Waals surface area (Å²) in [5.41, 5.74) is 2.89. The fraction of sp³-hybridized carbons (Fsp3) is 0.400. The molecule has 0 aliphatic rings. The van der Waals surface area contributed by atoms with Crippen molar-refractivity contribution in [3.05, 3.63) is 29.1 Å². The summed E-state index contributed by atoms with van der Waals surface area (Å²) in [7, 11) is 0. The van der Waals surface area contributed by atoms with E-state index >= 15 is 0 Å². The van der Waals surface area contributed by atoms with Gasteiger partial charge in [0.2, 0.25) is 0 Å². The van der Waals surface area contributed by atoms with Crippen LogP contribution in [-0.4, -0.2) is 16.1 Å². The number of nitrogens with zero attached hydrogens (tertiary/aromatic N) is 1. The molecule has 13 heavy (non-hydrogen) atoms. The van der Waals surface area contributed by atoms with Crippen molar-refractivity contribution in [1.29, 1.82) is 0 Å². The Kier molecular flexibility index (Phi) is 3.01. The van der Waals surface area contributed by atoms with Crippen LogP contribution in [0.25, 0.3) is 0 Å². The largest absolute Gasteiger partial charge is 0.481 e. The van der Waals surface area contributed by atoms with Gasteiger partial charge in [0.15, 0.2) is 0 Å². The molecule has 3 heteroatoms. The summed E-state index contributed by atoms with van der Waals surface area (Å²) < 4.78 is 0. The van der Waals surface area contributed by atoms with Crippen LogP contribution in [-0.2, 0) is 11.2 Å². The molecule has 0 aromatic carbocycles. The molecule has 0 aliphatic heterocycles. The number of hydrogen-bond donors (Lipinski definition) is 1. The van der Waals surface area contributed by atoms with E-state index in [2.05, 4.69) is 4.98 Å². The van der Waals surface area contributed by atoms with Gasteiger partial charge in [-0.05, 0) is 25.5 Å². The van der Waals surface area contributed by atoms with E-state index in [0.29, 0.717) is 6.42 Å². The van der Waals surface area contributed by atoms with Crippen LogP contribution < -0.4 is 0 Å². The molecule has 1 heterocycles. The van der Waals surface area contributed by atoms with Crippen molar-refractivity contribution in [1.82, 2.24) is 4.98 Å². The van der Waals surface area contributed by atoms with Gasteiger partial charge in [-0.1, -0.05) is 6.07 Å². The van der Waals surface area contributed by atoms with Crippen LogP contribution in [0.5, 0.6) is 0 Å². The summed E-state index contributed by atoms with van der Waals surface area (Å²) in [5, 5.41) is 8.51. The fourth-order valence-corrected chi connectivity index (χ4v) is 1.16. The van der Waals surface area contributed by atoms with Crippen molar-refractivity contribution < 1.29 is 9.90 Å². The Morgan fingerprint density at radius 1 is 1.46 bits per heavy atom. The predicted molar refractivity (Wildman–Crippen MR) is 49.7 cm³/mol. The SMILES string of the molecule is Cc1ccc(C)c(CCC(=O)O)n1. The zero-order chi connectivity index (χ0) is 9.84. The van der Waals surface area contributed by atoms with Crippen LogP contribution >= 0.6 is 0 Å². The quantitative estimate of drug-likeness (QED) is 0.768. The van der Waals surface area contributed by atoms with E-state index in [-0.39, 0.29) is 6.42 Å². The van der Waals surface area contributed by atoms with Gasteiger partial charge in [-0.15, -0.1) is 0 Å². The second kappa shape index (κ2) is 4.03. The van der Waals surface area contributed by atoms with Crippen molar-refractivity contribution in [2.75, 3.05) is 0 Å². The lowest BCUT2D eigenvalue weighted by Gasteiger charge is -2.03. The molecular formula is C10H13NO2. The lowest BCUT2D eigenvalue weighted by Crippen LogP contribution is -2.01. The fourth-order valence-electron chi connectivity index (χ4n) is 1.16. The van der Waals surface area contributed by atoms with E-state index < -0.39 is 5.97 Å². The number of aliphatic carboxylic acids is 1. The summed E-state index contributed by atoms with van der Waals surface area (Å²) in [6.45, 7) is 3.85. The van der Waals surface area contributed by atoms with Gasteiger partial charge in [0.25, 0.3) is 0 Å². The second-order valence-electron chi connectivity index (χ2n) is 3.11. The highest BCUT2D eigenvalue weighted by Gasteiger charge is 2.03. The molecule has 0 bridgehead atoms. The van der Waals surface area contributed by atoms with Gasteiger partial charge in [0, 0.05) is 17.8 Å². The molecular weight excluding hydrogens is 166 g/mol. The maximum absolute atomic E-state index is 10.3. The number of carboxylic acid groups (broad SMARTS) is 1. The third kappa shape index (κ3) is 2.86. The van der Waals surface area contributed by atoms with Crippen molar-refractivity contribution in [3.8, 4) is 0 Å². The van der Waals surface area contributed by atoms with Crippen molar-refractivity contribution >= 4 is 5.97 Å². The molecule has 3 nitrogen and oxygen atoms in total. The zero-order valence-electron chi connectivity index (χ0n) is 7.87. The minimum absolute atomic E-state index is 0.150. The summed E-state index contributed by atoms with van der Waals surface area (Å²) in [6.07, 6.45) is 0.667. The molecule has 1 rings (SSSR count). The molecule has 0 fully saturated rings. The number of pyridine rings is 1. The number of hydrogen-bond acceptors (Lipinski definition) is 2. The van der Waals surface area contributed by atoms with E-state index in [1.165, 1.54) is 0 Å². The molecule has 0 aliphatic carbocycles. The highest BCUT2D eigenvalue weighted by atomic mass is 16.4. The van der Waals surface area contributed by atoms with Crippen molar-refractivity contribution in [2.24, 2.45) is 0 Å². The van der Waals surface area contributed by atoms with Gasteiger partial charge in [0.05, 0.1) is 6.42 Å². The molecule has 0 saturated carbocycles. The minimum Gasteiger partial charge on any atom is -0.481 e. The lowest BCUT2D eigenvalue weighted by atomic mass is 10.1. The second-order valence-corrected chi connectivity index (χ2v) is 3.11. The first-order valence-electron chi connectivity index (χ1n) is 4.24. The normalized spacial score (nSPS) is 10.0. The highest BCUT2D eigenvalue weighted by molar-refractivity contribution is 5.67. The maximum Gasteiger partial charge on any atom is 0.303 e. The van der Waals surface area contributed by atoms with E-state index in [9.17, 15) is 4.79 Å². The standard InChI is InChI=1S/C10H13NO2/c1-7-3-4-8(2)11-9(7)5-6-10(12)13/h3-4H,5-6H2,1-2H3,(H,12,13). The number of aryl methyl sites for hydroxylation is 3. The number of carbonyl (C=O) groups is 1. The van der Waals surface area contributed by atoms with Crippen LogP contribution in [0.3, 0.4) is 0 Å². The molecule has 0 spiro atoms. The minimum atomic E-state index is -0.775. The third-order valence-electron chi connectivity index (χ3n) is 1.92. The Labute approximate surface area is 77.4 Å². The molecule has 0 unspecified atom stereocenters. The molecule has 1 aromatic heterocycles. The predicted octanol–water partition coefficient (Wildman–Crippen LogP) is 1.72. The topological polar surface area (TPSA) is 50.2 Å². The third-order valence-corrected chi connectivity index (χ3v) is 1.92. The number of carboxylic acids is 1.